The predicted molar refractivity (Wildman–Crippen MR) is 109 cm³/mol. The first-order valence-corrected chi connectivity index (χ1v) is 9.32. The summed E-state index contributed by atoms with van der Waals surface area (Å²) < 4.78 is 10.9. The molecule has 0 fully saturated rings. The van der Waals surface area contributed by atoms with E-state index in [9.17, 15) is 0 Å². The number of rotatable bonds is 7. The summed E-state index contributed by atoms with van der Waals surface area (Å²) >= 11 is 0. The van der Waals surface area contributed by atoms with E-state index in [4.69, 9.17) is 9.47 Å². The molecule has 0 saturated heterocycles. The van der Waals surface area contributed by atoms with Gasteiger partial charge in [-0.3, -0.25) is 0 Å². The van der Waals surface area contributed by atoms with Crippen molar-refractivity contribution in [1.29, 1.82) is 0 Å². The van der Waals surface area contributed by atoms with E-state index in [0.29, 0.717) is 25.1 Å². The van der Waals surface area contributed by atoms with E-state index in [1.54, 1.807) is 13.3 Å². The average Bonchev–Trinajstić information content (AvgIpc) is 3.07. The molecule has 0 bridgehead atoms. The van der Waals surface area contributed by atoms with E-state index >= 15 is 0 Å². The highest BCUT2D eigenvalue weighted by atomic mass is 16.5. The Balaban J connectivity index is 1.36. The second kappa shape index (κ2) is 8.12. The average molecular weight is 377 g/mol. The van der Waals surface area contributed by atoms with E-state index < -0.39 is 0 Å². The summed E-state index contributed by atoms with van der Waals surface area (Å²) in [5.74, 6) is 2.89. The van der Waals surface area contributed by atoms with Crippen molar-refractivity contribution in [2.75, 3.05) is 30.5 Å². The quantitative estimate of drug-likeness (QED) is 0.632. The Morgan fingerprint density at radius 3 is 2.71 bits per heavy atom. The van der Waals surface area contributed by atoms with Crippen molar-refractivity contribution >= 4 is 17.5 Å². The van der Waals surface area contributed by atoms with Crippen LogP contribution in [0, 0.1) is 0 Å². The van der Waals surface area contributed by atoms with Crippen LogP contribution >= 0.6 is 0 Å². The molecule has 0 aliphatic carbocycles. The van der Waals surface area contributed by atoms with E-state index in [-0.39, 0.29) is 0 Å². The minimum Gasteiger partial charge on any atom is -0.497 e. The Labute approximate surface area is 164 Å². The maximum absolute atomic E-state index is 5.72. The molecule has 1 aromatic heterocycles. The van der Waals surface area contributed by atoms with Crippen molar-refractivity contribution in [3.8, 4) is 11.5 Å². The third-order valence-corrected chi connectivity index (χ3v) is 4.71. The van der Waals surface area contributed by atoms with E-state index in [0.717, 1.165) is 23.7 Å². The number of fused-ring (bicyclic) bond motifs is 1. The second-order valence-electron chi connectivity index (χ2n) is 6.64. The number of hydrogen-bond donors (Lipinski definition) is 1. The van der Waals surface area contributed by atoms with Crippen LogP contribution in [0.15, 0.2) is 54.7 Å². The number of ether oxygens (including phenoxy) is 2. The van der Waals surface area contributed by atoms with Gasteiger partial charge in [0.15, 0.2) is 5.82 Å². The first kappa shape index (κ1) is 18.0. The van der Waals surface area contributed by atoms with Crippen LogP contribution in [-0.2, 0) is 6.42 Å². The summed E-state index contributed by atoms with van der Waals surface area (Å²) in [4.78, 5) is 6.85. The summed E-state index contributed by atoms with van der Waals surface area (Å²) in [7, 11) is 1.64. The lowest BCUT2D eigenvalue weighted by molar-refractivity contribution is 0.331. The van der Waals surface area contributed by atoms with Gasteiger partial charge in [0.05, 0.1) is 19.9 Å². The molecule has 1 unspecified atom stereocenters. The molecule has 3 aromatic rings. The van der Waals surface area contributed by atoms with Gasteiger partial charge in [-0.1, -0.05) is 18.2 Å². The van der Waals surface area contributed by atoms with Crippen molar-refractivity contribution in [3.63, 3.8) is 0 Å². The zero-order chi connectivity index (χ0) is 19.3. The first-order valence-electron chi connectivity index (χ1n) is 9.32. The van der Waals surface area contributed by atoms with Gasteiger partial charge in [0.1, 0.15) is 18.1 Å². The van der Waals surface area contributed by atoms with Gasteiger partial charge in [0.25, 0.3) is 0 Å². The zero-order valence-electron chi connectivity index (χ0n) is 16.0. The summed E-state index contributed by atoms with van der Waals surface area (Å²) in [6, 6.07) is 16.2. The Kier molecular flexibility index (Phi) is 5.23. The second-order valence-corrected chi connectivity index (χ2v) is 6.64. The molecule has 7 heteroatoms. The van der Waals surface area contributed by atoms with Gasteiger partial charge in [-0.25, -0.2) is 0 Å². The van der Waals surface area contributed by atoms with Crippen LogP contribution in [0.4, 0.5) is 17.5 Å². The molecule has 0 saturated carbocycles. The maximum atomic E-state index is 5.72. The smallest absolute Gasteiger partial charge is 0.244 e. The number of aromatic nitrogens is 3. The monoisotopic (exact) mass is 377 g/mol. The predicted octanol–water partition coefficient (Wildman–Crippen LogP) is 3.45. The minimum absolute atomic E-state index is 0.334. The Morgan fingerprint density at radius 2 is 1.89 bits per heavy atom. The summed E-state index contributed by atoms with van der Waals surface area (Å²) in [6.45, 7) is 3.25. The van der Waals surface area contributed by atoms with Gasteiger partial charge in [-0.2, -0.15) is 10.1 Å². The van der Waals surface area contributed by atoms with Gasteiger partial charge in [-0.05, 0) is 49.2 Å². The van der Waals surface area contributed by atoms with Gasteiger partial charge < -0.3 is 19.7 Å². The highest BCUT2D eigenvalue weighted by molar-refractivity contribution is 5.68. The molecule has 0 radical (unpaired) electrons. The van der Waals surface area contributed by atoms with E-state index in [1.165, 1.54) is 11.3 Å². The van der Waals surface area contributed by atoms with Crippen molar-refractivity contribution in [3.05, 3.63) is 60.3 Å². The zero-order valence-corrected chi connectivity index (χ0v) is 16.0. The number of nitrogens with one attached hydrogen (secondary N) is 1. The summed E-state index contributed by atoms with van der Waals surface area (Å²) in [5, 5.41) is 11.4. The Morgan fingerprint density at radius 1 is 1.11 bits per heavy atom. The normalized spacial score (nSPS) is 15.2. The molecule has 1 atom stereocenters. The molecule has 0 amide bonds. The fourth-order valence-corrected chi connectivity index (χ4v) is 3.40. The topological polar surface area (TPSA) is 72.4 Å². The molecular weight excluding hydrogens is 354 g/mol. The van der Waals surface area contributed by atoms with Gasteiger partial charge in [0, 0.05) is 11.7 Å². The van der Waals surface area contributed by atoms with Gasteiger partial charge in [-0.15, -0.1) is 5.10 Å². The Bertz CT molecular complexity index is 932. The van der Waals surface area contributed by atoms with E-state index in [1.807, 2.05) is 30.3 Å². The van der Waals surface area contributed by atoms with Crippen molar-refractivity contribution in [2.24, 2.45) is 0 Å². The van der Waals surface area contributed by atoms with Crippen LogP contribution in [0.1, 0.15) is 12.5 Å². The molecule has 2 aromatic carbocycles. The number of nitrogens with zero attached hydrogens (tertiary/aromatic N) is 4. The molecule has 28 heavy (non-hydrogen) atoms. The first-order chi connectivity index (χ1) is 13.7. The summed E-state index contributed by atoms with van der Waals surface area (Å²) in [5.41, 5.74) is 2.51. The molecule has 144 valence electrons. The number of methoxy groups -OCH3 is 1. The lowest BCUT2D eigenvalue weighted by Crippen LogP contribution is -2.25. The number of para-hydroxylation sites is 1. The summed E-state index contributed by atoms with van der Waals surface area (Å²) in [6.07, 6.45) is 2.70. The molecule has 1 aliphatic rings. The van der Waals surface area contributed by atoms with Gasteiger partial charge >= 0.3 is 0 Å². The molecule has 1 aliphatic heterocycles. The highest BCUT2D eigenvalue weighted by Gasteiger charge is 2.28. The molecule has 7 nitrogen and oxygen atoms in total. The van der Waals surface area contributed by atoms with Crippen LogP contribution in [0.5, 0.6) is 11.5 Å². The lowest BCUT2D eigenvalue weighted by atomic mass is 10.1. The maximum Gasteiger partial charge on any atom is 0.244 e. The van der Waals surface area contributed by atoms with Crippen molar-refractivity contribution < 1.29 is 9.47 Å². The van der Waals surface area contributed by atoms with Crippen LogP contribution in [0.25, 0.3) is 0 Å². The number of hydrogen-bond acceptors (Lipinski definition) is 7. The highest BCUT2D eigenvalue weighted by Crippen LogP contribution is 2.36. The largest absolute Gasteiger partial charge is 0.497 e. The Hall–Kier alpha value is -3.35. The molecule has 4 rings (SSSR count). The van der Waals surface area contributed by atoms with Crippen LogP contribution in [0.3, 0.4) is 0 Å². The van der Waals surface area contributed by atoms with Crippen LogP contribution in [0.2, 0.25) is 0 Å². The third kappa shape index (κ3) is 3.83. The third-order valence-electron chi connectivity index (χ3n) is 4.71. The van der Waals surface area contributed by atoms with Crippen molar-refractivity contribution in [2.45, 2.75) is 19.4 Å². The number of benzene rings is 2. The van der Waals surface area contributed by atoms with Crippen LogP contribution in [-0.4, -0.2) is 41.5 Å². The van der Waals surface area contributed by atoms with E-state index in [2.05, 4.69) is 50.5 Å². The lowest BCUT2D eigenvalue weighted by Gasteiger charge is -2.23. The van der Waals surface area contributed by atoms with Gasteiger partial charge in [0.2, 0.25) is 5.95 Å². The number of anilines is 3. The minimum atomic E-state index is 0.334. The van der Waals surface area contributed by atoms with Crippen LogP contribution < -0.4 is 19.7 Å². The SMILES string of the molecule is COc1ccc(OCCNc2nncc(N3c4ccccc4CC3C)n2)cc1. The fourth-order valence-electron chi connectivity index (χ4n) is 3.40. The fraction of sp³-hybridized carbons (Fsp3) is 0.286. The molecular formula is C21H23N5O2. The molecule has 1 N–H and O–H groups in total. The van der Waals surface area contributed by atoms with Crippen molar-refractivity contribution in [1.82, 2.24) is 15.2 Å². The molecule has 2 heterocycles. The molecule has 0 spiro atoms. The standard InChI is InChI=1S/C21H23N5O2/c1-15-13-16-5-3-4-6-19(16)26(15)20-14-23-25-21(24-20)22-11-12-28-18-9-7-17(27-2)8-10-18/h3-10,14-15H,11-13H2,1-2H3,(H,22,24,25).